The molecule has 0 atom stereocenters. The van der Waals surface area contributed by atoms with E-state index in [-0.39, 0.29) is 6.54 Å². The quantitative estimate of drug-likeness (QED) is 0.862. The van der Waals surface area contributed by atoms with Gasteiger partial charge in [-0.3, -0.25) is 9.79 Å². The predicted molar refractivity (Wildman–Crippen MR) is 103 cm³/mol. The molecule has 2 aromatic carbocycles. The highest BCUT2D eigenvalue weighted by molar-refractivity contribution is 6.42. The Hall–Kier alpha value is -2.30. The van der Waals surface area contributed by atoms with Gasteiger partial charge in [-0.25, -0.2) is 0 Å². The summed E-state index contributed by atoms with van der Waals surface area (Å²) in [6.07, 6.45) is 3.84. The third kappa shape index (κ3) is 4.21. The third-order valence-electron chi connectivity index (χ3n) is 3.88. The molecule has 2 aromatic rings. The van der Waals surface area contributed by atoms with Crippen molar-refractivity contribution in [2.75, 3.05) is 24.5 Å². The largest absolute Gasteiger partial charge is 0.480 e. The summed E-state index contributed by atoms with van der Waals surface area (Å²) in [4.78, 5) is 17.6. The summed E-state index contributed by atoms with van der Waals surface area (Å²) in [7, 11) is 0. The second-order valence-electron chi connectivity index (χ2n) is 5.61. The molecular weight excluding hydrogens is 359 g/mol. The fourth-order valence-corrected chi connectivity index (χ4v) is 3.03. The van der Waals surface area contributed by atoms with Crippen molar-refractivity contribution >= 4 is 46.6 Å². The number of carboxylic acids is 1. The van der Waals surface area contributed by atoms with Gasteiger partial charge in [0.05, 0.1) is 22.3 Å². The Morgan fingerprint density at radius 1 is 1.16 bits per heavy atom. The van der Waals surface area contributed by atoms with Crippen LogP contribution in [0.4, 0.5) is 5.69 Å². The number of carbonyl (C=O) groups is 1. The van der Waals surface area contributed by atoms with E-state index in [2.05, 4.69) is 4.99 Å². The van der Waals surface area contributed by atoms with Gasteiger partial charge >= 0.3 is 5.97 Å². The van der Waals surface area contributed by atoms with Crippen LogP contribution in [-0.2, 0) is 4.79 Å². The topological polar surface area (TPSA) is 52.9 Å². The summed E-state index contributed by atoms with van der Waals surface area (Å²) >= 11 is 12.0. The SMILES string of the molecule is O=C(O)CN1CCN=C(/C=C/c2ccc(Cl)c(Cl)c2)c2ccccc21. The number of carboxylic acid groups (broad SMARTS) is 1. The first-order chi connectivity index (χ1) is 12.0. The van der Waals surface area contributed by atoms with E-state index in [0.717, 1.165) is 22.5 Å². The molecule has 0 spiro atoms. The molecule has 25 heavy (non-hydrogen) atoms. The molecule has 1 aliphatic heterocycles. The van der Waals surface area contributed by atoms with Crippen LogP contribution in [0.2, 0.25) is 10.0 Å². The Kier molecular flexibility index (Phi) is 5.41. The maximum atomic E-state index is 11.1. The molecule has 0 fully saturated rings. The van der Waals surface area contributed by atoms with Gasteiger partial charge in [0, 0.05) is 17.8 Å². The van der Waals surface area contributed by atoms with Gasteiger partial charge in [-0.15, -0.1) is 0 Å². The van der Waals surface area contributed by atoms with Crippen LogP contribution in [0, 0.1) is 0 Å². The first-order valence-electron chi connectivity index (χ1n) is 7.78. The summed E-state index contributed by atoms with van der Waals surface area (Å²) in [5.74, 6) is -0.857. The number of anilines is 1. The number of hydrogen-bond acceptors (Lipinski definition) is 3. The molecule has 0 aliphatic carbocycles. The Bertz CT molecular complexity index is 862. The number of halogens is 2. The lowest BCUT2D eigenvalue weighted by Crippen LogP contribution is -2.31. The van der Waals surface area contributed by atoms with Gasteiger partial charge in [0.15, 0.2) is 0 Å². The van der Waals surface area contributed by atoms with Gasteiger partial charge in [-0.05, 0) is 29.8 Å². The number of rotatable bonds is 4. The molecule has 0 aromatic heterocycles. The van der Waals surface area contributed by atoms with Gasteiger partial charge in [0.2, 0.25) is 0 Å². The predicted octanol–water partition coefficient (Wildman–Crippen LogP) is 4.40. The molecule has 6 heteroatoms. The minimum Gasteiger partial charge on any atom is -0.480 e. The average Bonchev–Trinajstić information content (AvgIpc) is 2.75. The van der Waals surface area contributed by atoms with E-state index in [1.165, 1.54) is 0 Å². The summed E-state index contributed by atoms with van der Waals surface area (Å²) in [5.41, 5.74) is 3.52. The number of benzene rings is 2. The zero-order valence-corrected chi connectivity index (χ0v) is 14.8. The highest BCUT2D eigenvalue weighted by atomic mass is 35.5. The van der Waals surface area contributed by atoms with E-state index in [1.54, 1.807) is 12.1 Å². The summed E-state index contributed by atoms with van der Waals surface area (Å²) in [6, 6.07) is 13.1. The fourth-order valence-electron chi connectivity index (χ4n) is 2.72. The van der Waals surface area contributed by atoms with Crippen molar-refractivity contribution in [1.29, 1.82) is 0 Å². The van der Waals surface area contributed by atoms with Crippen LogP contribution in [0.3, 0.4) is 0 Å². The van der Waals surface area contributed by atoms with Gasteiger partial charge in [-0.1, -0.05) is 53.5 Å². The van der Waals surface area contributed by atoms with Crippen LogP contribution in [0.15, 0.2) is 53.5 Å². The molecule has 0 bridgehead atoms. The van der Waals surface area contributed by atoms with Gasteiger partial charge in [-0.2, -0.15) is 0 Å². The lowest BCUT2D eigenvalue weighted by atomic mass is 10.1. The molecule has 0 radical (unpaired) electrons. The zero-order chi connectivity index (χ0) is 17.8. The standard InChI is InChI=1S/C19H16Cl2N2O2/c20-15-7-5-13(11-16(15)21)6-8-17-14-3-1-2-4-18(14)23(10-9-22-17)12-19(24)25/h1-8,11H,9-10,12H2,(H,24,25)/b8-6+. The Morgan fingerprint density at radius 2 is 1.96 bits per heavy atom. The molecule has 0 unspecified atom stereocenters. The first kappa shape index (κ1) is 17.5. The van der Waals surface area contributed by atoms with E-state index in [4.69, 9.17) is 28.3 Å². The molecule has 1 aliphatic rings. The second-order valence-corrected chi connectivity index (χ2v) is 6.42. The van der Waals surface area contributed by atoms with E-state index < -0.39 is 5.97 Å². The average molecular weight is 375 g/mol. The van der Waals surface area contributed by atoms with Crippen molar-refractivity contribution < 1.29 is 9.90 Å². The number of aliphatic imine (C=N–C) groups is 1. The maximum absolute atomic E-state index is 11.1. The molecule has 1 heterocycles. The van der Waals surface area contributed by atoms with Crippen molar-refractivity contribution in [1.82, 2.24) is 0 Å². The van der Waals surface area contributed by atoms with Gasteiger partial charge in [0.1, 0.15) is 6.54 Å². The molecule has 128 valence electrons. The number of para-hydroxylation sites is 1. The van der Waals surface area contributed by atoms with Crippen molar-refractivity contribution in [3.63, 3.8) is 0 Å². The van der Waals surface area contributed by atoms with E-state index in [0.29, 0.717) is 23.1 Å². The van der Waals surface area contributed by atoms with E-state index >= 15 is 0 Å². The second kappa shape index (κ2) is 7.72. The van der Waals surface area contributed by atoms with E-state index in [1.807, 2.05) is 47.4 Å². The van der Waals surface area contributed by atoms with Crippen molar-refractivity contribution in [3.05, 3.63) is 69.7 Å². The van der Waals surface area contributed by atoms with Crippen molar-refractivity contribution in [2.45, 2.75) is 0 Å². The molecule has 0 amide bonds. The molecule has 0 saturated carbocycles. The number of benzodiazepines with no additional fused rings is 1. The van der Waals surface area contributed by atoms with Crippen LogP contribution in [0.5, 0.6) is 0 Å². The highest BCUT2D eigenvalue weighted by Gasteiger charge is 2.18. The number of allylic oxidation sites excluding steroid dienone is 1. The first-order valence-corrected chi connectivity index (χ1v) is 8.54. The molecule has 1 N–H and O–H groups in total. The monoisotopic (exact) mass is 374 g/mol. The maximum Gasteiger partial charge on any atom is 0.323 e. The van der Waals surface area contributed by atoms with Crippen LogP contribution >= 0.6 is 23.2 Å². The van der Waals surface area contributed by atoms with Gasteiger partial charge < -0.3 is 10.0 Å². The van der Waals surface area contributed by atoms with Crippen LogP contribution in [-0.4, -0.2) is 36.4 Å². The van der Waals surface area contributed by atoms with Crippen LogP contribution in [0.1, 0.15) is 11.1 Å². The normalized spacial score (nSPS) is 14.2. The molecule has 4 nitrogen and oxygen atoms in total. The fraction of sp³-hybridized carbons (Fsp3) is 0.158. The third-order valence-corrected chi connectivity index (χ3v) is 4.62. The van der Waals surface area contributed by atoms with Crippen molar-refractivity contribution in [3.8, 4) is 0 Å². The van der Waals surface area contributed by atoms with Crippen LogP contribution in [0.25, 0.3) is 6.08 Å². The summed E-state index contributed by atoms with van der Waals surface area (Å²) in [6.45, 7) is 1.05. The number of hydrogen-bond donors (Lipinski definition) is 1. The molecular formula is C19H16Cl2N2O2. The van der Waals surface area contributed by atoms with Crippen LogP contribution < -0.4 is 4.90 Å². The smallest absolute Gasteiger partial charge is 0.323 e. The lowest BCUT2D eigenvalue weighted by molar-refractivity contribution is -0.135. The Labute approximate surface area is 156 Å². The molecule has 3 rings (SSSR count). The Balaban J connectivity index is 1.92. The minimum absolute atomic E-state index is 0.0453. The van der Waals surface area contributed by atoms with Gasteiger partial charge in [0.25, 0.3) is 0 Å². The summed E-state index contributed by atoms with van der Waals surface area (Å²) in [5, 5.41) is 10.1. The zero-order valence-electron chi connectivity index (χ0n) is 13.3. The minimum atomic E-state index is -0.857. The Morgan fingerprint density at radius 3 is 2.72 bits per heavy atom. The number of aliphatic carboxylic acids is 1. The number of nitrogens with zero attached hydrogens (tertiary/aromatic N) is 2. The lowest BCUT2D eigenvalue weighted by Gasteiger charge is -2.22. The van der Waals surface area contributed by atoms with E-state index in [9.17, 15) is 4.79 Å². The molecule has 0 saturated heterocycles. The summed E-state index contributed by atoms with van der Waals surface area (Å²) < 4.78 is 0. The number of fused-ring (bicyclic) bond motifs is 1. The van der Waals surface area contributed by atoms with Crippen molar-refractivity contribution in [2.24, 2.45) is 4.99 Å². The highest BCUT2D eigenvalue weighted by Crippen LogP contribution is 2.26.